The number of aromatic nitrogens is 2. The van der Waals surface area contributed by atoms with Gasteiger partial charge in [0.1, 0.15) is 10.9 Å². The molecule has 0 aromatic carbocycles. The highest BCUT2D eigenvalue weighted by Crippen LogP contribution is 2.26. The molecule has 20 heavy (non-hydrogen) atoms. The molecule has 1 fully saturated rings. The first-order chi connectivity index (χ1) is 9.20. The van der Waals surface area contributed by atoms with Crippen LogP contribution in [0.25, 0.3) is 0 Å². The predicted octanol–water partition coefficient (Wildman–Crippen LogP) is 0.679. The number of aromatic amines is 1. The van der Waals surface area contributed by atoms with Gasteiger partial charge in [-0.05, 0) is 19.8 Å². The second kappa shape index (κ2) is 5.34. The molecule has 1 aliphatic heterocycles. The lowest BCUT2D eigenvalue weighted by molar-refractivity contribution is -0.160. The summed E-state index contributed by atoms with van der Waals surface area (Å²) in [6.07, 6.45) is -3.15. The number of hydrogen-bond acceptors (Lipinski definition) is 4. The Hall–Kier alpha value is -1.13. The molecule has 10 heteroatoms. The molecule has 0 amide bonds. The fraction of sp³-hybridized carbons (Fsp3) is 0.700. The maximum atomic E-state index is 12.5. The number of piperidine rings is 1. The van der Waals surface area contributed by atoms with Gasteiger partial charge < -0.3 is 5.32 Å². The zero-order chi connectivity index (χ0) is 15.0. The molecule has 114 valence electrons. The number of nitrogens with zero attached hydrogens (tertiary/aromatic N) is 1. The van der Waals surface area contributed by atoms with E-state index in [9.17, 15) is 21.6 Å². The Morgan fingerprint density at radius 3 is 2.55 bits per heavy atom. The molecule has 2 rings (SSSR count). The second-order valence-electron chi connectivity index (χ2n) is 4.76. The van der Waals surface area contributed by atoms with E-state index in [2.05, 4.69) is 20.2 Å². The number of sulfonamides is 1. The number of rotatable bonds is 3. The summed E-state index contributed by atoms with van der Waals surface area (Å²) in [6, 6.07) is -2.13. The van der Waals surface area contributed by atoms with E-state index in [1.54, 1.807) is 6.92 Å². The van der Waals surface area contributed by atoms with Crippen molar-refractivity contribution < 1.29 is 21.6 Å². The molecule has 1 aliphatic rings. The van der Waals surface area contributed by atoms with Crippen molar-refractivity contribution in [3.8, 4) is 0 Å². The molecule has 2 heterocycles. The topological polar surface area (TPSA) is 86.9 Å². The first-order valence-corrected chi connectivity index (χ1v) is 7.51. The molecule has 1 saturated heterocycles. The third-order valence-corrected chi connectivity index (χ3v) is 4.84. The van der Waals surface area contributed by atoms with E-state index in [1.165, 1.54) is 6.20 Å². The molecule has 0 spiro atoms. The summed E-state index contributed by atoms with van der Waals surface area (Å²) >= 11 is 0. The number of alkyl halides is 3. The smallest absolute Gasteiger partial charge is 0.305 e. The van der Waals surface area contributed by atoms with Crippen LogP contribution in [0, 0.1) is 6.92 Å². The lowest BCUT2D eigenvalue weighted by Gasteiger charge is -2.31. The van der Waals surface area contributed by atoms with Gasteiger partial charge in [-0.2, -0.15) is 18.3 Å². The Morgan fingerprint density at radius 1 is 1.40 bits per heavy atom. The van der Waals surface area contributed by atoms with Crippen LogP contribution < -0.4 is 10.0 Å². The van der Waals surface area contributed by atoms with Gasteiger partial charge in [0.15, 0.2) is 0 Å². The van der Waals surface area contributed by atoms with E-state index in [4.69, 9.17) is 0 Å². The summed E-state index contributed by atoms with van der Waals surface area (Å²) in [5, 5.41) is 8.44. The highest BCUT2D eigenvalue weighted by molar-refractivity contribution is 7.89. The SMILES string of the molecule is Cc1[nH]ncc1S(=O)(=O)NC1CCC(C(F)(F)F)NC1. The van der Waals surface area contributed by atoms with Crippen LogP contribution in [0.15, 0.2) is 11.1 Å². The van der Waals surface area contributed by atoms with Crippen molar-refractivity contribution in [3.05, 3.63) is 11.9 Å². The molecule has 0 bridgehead atoms. The monoisotopic (exact) mass is 312 g/mol. The number of H-pyrrole nitrogens is 1. The average molecular weight is 312 g/mol. The van der Waals surface area contributed by atoms with Crippen LogP contribution in [0.1, 0.15) is 18.5 Å². The lowest BCUT2D eigenvalue weighted by atomic mass is 10.0. The number of hydrogen-bond donors (Lipinski definition) is 3. The quantitative estimate of drug-likeness (QED) is 0.766. The van der Waals surface area contributed by atoms with Crippen LogP contribution in [-0.4, -0.2) is 43.4 Å². The van der Waals surface area contributed by atoms with E-state index in [0.29, 0.717) is 5.69 Å². The van der Waals surface area contributed by atoms with E-state index in [-0.39, 0.29) is 24.3 Å². The maximum absolute atomic E-state index is 12.5. The van der Waals surface area contributed by atoms with Crippen molar-refractivity contribution in [2.24, 2.45) is 0 Å². The minimum absolute atomic E-state index is 0.00967. The first-order valence-electron chi connectivity index (χ1n) is 6.02. The lowest BCUT2D eigenvalue weighted by Crippen LogP contribution is -2.54. The Bertz CT molecular complexity index is 561. The van der Waals surface area contributed by atoms with Crippen molar-refractivity contribution in [2.45, 2.75) is 42.9 Å². The van der Waals surface area contributed by atoms with Gasteiger partial charge >= 0.3 is 6.18 Å². The van der Waals surface area contributed by atoms with Gasteiger partial charge in [0, 0.05) is 12.6 Å². The second-order valence-corrected chi connectivity index (χ2v) is 6.44. The van der Waals surface area contributed by atoms with Crippen molar-refractivity contribution >= 4 is 10.0 Å². The Labute approximate surface area is 114 Å². The van der Waals surface area contributed by atoms with Gasteiger partial charge in [-0.3, -0.25) is 5.10 Å². The molecule has 2 unspecified atom stereocenters. The summed E-state index contributed by atoms with van der Waals surface area (Å²) in [7, 11) is -3.77. The van der Waals surface area contributed by atoms with Crippen molar-refractivity contribution in [1.29, 1.82) is 0 Å². The molecular weight excluding hydrogens is 297 g/mol. The van der Waals surface area contributed by atoms with Crippen molar-refractivity contribution in [2.75, 3.05) is 6.54 Å². The number of aryl methyl sites for hydroxylation is 1. The number of halogens is 3. The van der Waals surface area contributed by atoms with Crippen LogP contribution in [0.3, 0.4) is 0 Å². The van der Waals surface area contributed by atoms with Gasteiger partial charge in [0.05, 0.1) is 11.9 Å². The summed E-state index contributed by atoms with van der Waals surface area (Å²) in [6.45, 7) is 1.50. The molecule has 1 aromatic rings. The molecule has 2 atom stereocenters. The van der Waals surface area contributed by atoms with Crippen LogP contribution >= 0.6 is 0 Å². The Kier molecular flexibility index (Phi) is 4.07. The van der Waals surface area contributed by atoms with E-state index in [1.807, 2.05) is 0 Å². The van der Waals surface area contributed by atoms with Gasteiger partial charge in [0.25, 0.3) is 0 Å². The molecule has 6 nitrogen and oxygen atoms in total. The van der Waals surface area contributed by atoms with Crippen molar-refractivity contribution in [1.82, 2.24) is 20.2 Å². The molecule has 0 aliphatic carbocycles. The first kappa shape index (κ1) is 15.3. The van der Waals surface area contributed by atoms with Crippen LogP contribution in [0.2, 0.25) is 0 Å². The standard InChI is InChI=1S/C10H15F3N4O2S/c1-6-8(5-15-16-6)20(18,19)17-7-2-3-9(14-4-7)10(11,12)13/h5,7,9,14,17H,2-4H2,1H3,(H,15,16). The summed E-state index contributed by atoms with van der Waals surface area (Å²) in [5.41, 5.74) is 0.384. The summed E-state index contributed by atoms with van der Waals surface area (Å²) in [5.74, 6) is 0. The predicted molar refractivity (Wildman–Crippen MR) is 64.5 cm³/mol. The van der Waals surface area contributed by atoms with Crippen LogP contribution in [0.4, 0.5) is 13.2 Å². The fourth-order valence-corrected chi connectivity index (χ4v) is 3.54. The minimum atomic E-state index is -4.30. The van der Waals surface area contributed by atoms with E-state index >= 15 is 0 Å². The Morgan fingerprint density at radius 2 is 2.10 bits per heavy atom. The molecule has 3 N–H and O–H groups in total. The normalized spacial score (nSPS) is 24.8. The van der Waals surface area contributed by atoms with Gasteiger partial charge in [-0.1, -0.05) is 0 Å². The van der Waals surface area contributed by atoms with Gasteiger partial charge in [-0.15, -0.1) is 0 Å². The van der Waals surface area contributed by atoms with Gasteiger partial charge in [-0.25, -0.2) is 13.1 Å². The molecule has 0 saturated carbocycles. The van der Waals surface area contributed by atoms with E-state index in [0.717, 1.165) is 0 Å². The van der Waals surface area contributed by atoms with Crippen LogP contribution in [-0.2, 0) is 10.0 Å². The molecule has 1 aromatic heterocycles. The third kappa shape index (κ3) is 3.30. The number of nitrogens with one attached hydrogen (secondary N) is 3. The average Bonchev–Trinajstić information content (AvgIpc) is 2.75. The molecule has 0 radical (unpaired) electrons. The summed E-state index contributed by atoms with van der Waals surface area (Å²) in [4.78, 5) is 0.00967. The largest absolute Gasteiger partial charge is 0.403 e. The van der Waals surface area contributed by atoms with Crippen molar-refractivity contribution in [3.63, 3.8) is 0 Å². The molecular formula is C10H15F3N4O2S. The highest BCUT2D eigenvalue weighted by Gasteiger charge is 2.42. The Balaban J connectivity index is 1.98. The highest BCUT2D eigenvalue weighted by atomic mass is 32.2. The van der Waals surface area contributed by atoms with E-state index < -0.39 is 28.3 Å². The minimum Gasteiger partial charge on any atom is -0.305 e. The third-order valence-electron chi connectivity index (χ3n) is 3.20. The summed E-state index contributed by atoms with van der Waals surface area (Å²) < 4.78 is 63.9. The zero-order valence-electron chi connectivity index (χ0n) is 10.7. The maximum Gasteiger partial charge on any atom is 0.403 e. The zero-order valence-corrected chi connectivity index (χ0v) is 11.5. The van der Waals surface area contributed by atoms with Crippen LogP contribution in [0.5, 0.6) is 0 Å². The van der Waals surface area contributed by atoms with Gasteiger partial charge in [0.2, 0.25) is 10.0 Å². The fourth-order valence-electron chi connectivity index (χ4n) is 2.13.